The molecule has 0 heterocycles. The maximum atomic E-state index is 5.70. The molecule has 1 heteroatoms. The highest BCUT2D eigenvalue weighted by atomic mass is 14.5. The molecule has 0 spiro atoms. The molecule has 84 valence electrons. The molecule has 0 saturated carbocycles. The Labute approximate surface area is 93.7 Å². The van der Waals surface area contributed by atoms with E-state index in [4.69, 9.17) is 5.73 Å². The van der Waals surface area contributed by atoms with Gasteiger partial charge in [-0.15, -0.1) is 0 Å². The molecule has 0 saturated heterocycles. The molecule has 0 radical (unpaired) electrons. The zero-order valence-electron chi connectivity index (χ0n) is 10.4. The number of nitrogens with two attached hydrogens (primary N) is 1. The zero-order valence-corrected chi connectivity index (χ0v) is 10.4. The molecule has 1 unspecified atom stereocenters. The summed E-state index contributed by atoms with van der Waals surface area (Å²) in [6.45, 7) is 9.77. The van der Waals surface area contributed by atoms with E-state index >= 15 is 0 Å². The lowest BCUT2D eigenvalue weighted by Gasteiger charge is -2.31. The van der Waals surface area contributed by atoms with Crippen molar-refractivity contribution in [3.63, 3.8) is 0 Å². The summed E-state index contributed by atoms with van der Waals surface area (Å²) in [4.78, 5) is 0. The van der Waals surface area contributed by atoms with Gasteiger partial charge in [0.25, 0.3) is 0 Å². The van der Waals surface area contributed by atoms with Gasteiger partial charge in [-0.2, -0.15) is 0 Å². The van der Waals surface area contributed by atoms with Gasteiger partial charge in [-0.3, -0.25) is 0 Å². The predicted octanol–water partition coefficient (Wildman–Crippen LogP) is 3.47. The first-order chi connectivity index (χ1) is 6.95. The van der Waals surface area contributed by atoms with Crippen LogP contribution >= 0.6 is 0 Å². The summed E-state index contributed by atoms with van der Waals surface area (Å²) >= 11 is 0. The molecule has 0 amide bonds. The van der Waals surface area contributed by atoms with Crippen LogP contribution in [0.4, 0.5) is 0 Å². The average molecular weight is 205 g/mol. The quantitative estimate of drug-likeness (QED) is 0.803. The molecule has 0 bridgehead atoms. The van der Waals surface area contributed by atoms with Gasteiger partial charge in [-0.25, -0.2) is 0 Å². The maximum Gasteiger partial charge on any atom is -0.00712 e. The van der Waals surface area contributed by atoms with Crippen LogP contribution in [-0.2, 0) is 0 Å². The van der Waals surface area contributed by atoms with Gasteiger partial charge < -0.3 is 5.73 Å². The van der Waals surface area contributed by atoms with E-state index in [9.17, 15) is 0 Å². The van der Waals surface area contributed by atoms with Crippen LogP contribution in [0.25, 0.3) is 0 Å². The largest absolute Gasteiger partial charge is 0.330 e. The van der Waals surface area contributed by atoms with Crippen LogP contribution in [-0.4, -0.2) is 6.54 Å². The molecule has 0 aromatic heterocycles. The lowest BCUT2D eigenvalue weighted by molar-refractivity contribution is 0.307. The van der Waals surface area contributed by atoms with E-state index in [1.54, 1.807) is 0 Å². The summed E-state index contributed by atoms with van der Waals surface area (Å²) in [6.07, 6.45) is 1.06. The molecule has 0 fully saturated rings. The van der Waals surface area contributed by atoms with Crippen molar-refractivity contribution >= 4 is 0 Å². The second-order valence-corrected chi connectivity index (χ2v) is 5.41. The van der Waals surface area contributed by atoms with Crippen molar-refractivity contribution in [2.45, 2.75) is 40.0 Å². The van der Waals surface area contributed by atoms with Gasteiger partial charge in [-0.1, -0.05) is 50.6 Å². The van der Waals surface area contributed by atoms with Crippen molar-refractivity contribution in [3.8, 4) is 0 Å². The van der Waals surface area contributed by atoms with Crippen molar-refractivity contribution in [1.82, 2.24) is 0 Å². The molecule has 15 heavy (non-hydrogen) atoms. The summed E-state index contributed by atoms with van der Waals surface area (Å²) < 4.78 is 0. The molecule has 1 nitrogen and oxygen atoms in total. The van der Waals surface area contributed by atoms with Crippen LogP contribution in [0.2, 0.25) is 0 Å². The Morgan fingerprint density at radius 2 is 1.93 bits per heavy atom. The molecule has 0 aliphatic carbocycles. The van der Waals surface area contributed by atoms with E-state index in [0.717, 1.165) is 13.0 Å². The van der Waals surface area contributed by atoms with Gasteiger partial charge in [0.1, 0.15) is 0 Å². The standard InChI is InChI=1S/C14H23N/c1-11-6-5-7-12(10-11)13(8-9-15)14(2,3)4/h5-7,10,13H,8-9,15H2,1-4H3. The minimum absolute atomic E-state index is 0.285. The first-order valence-corrected chi connectivity index (χ1v) is 5.72. The summed E-state index contributed by atoms with van der Waals surface area (Å²) in [6, 6.07) is 8.79. The van der Waals surface area contributed by atoms with Crippen LogP contribution in [0.3, 0.4) is 0 Å². The van der Waals surface area contributed by atoms with Crippen molar-refractivity contribution in [1.29, 1.82) is 0 Å². The average Bonchev–Trinajstić information content (AvgIpc) is 2.12. The van der Waals surface area contributed by atoms with E-state index in [1.165, 1.54) is 11.1 Å². The highest BCUT2D eigenvalue weighted by Crippen LogP contribution is 2.37. The van der Waals surface area contributed by atoms with Gasteiger partial charge in [0, 0.05) is 0 Å². The monoisotopic (exact) mass is 205 g/mol. The second-order valence-electron chi connectivity index (χ2n) is 5.41. The fourth-order valence-corrected chi connectivity index (χ4v) is 2.15. The second kappa shape index (κ2) is 4.80. The summed E-state index contributed by atoms with van der Waals surface area (Å²) in [5.41, 5.74) is 8.74. The molecular weight excluding hydrogens is 182 g/mol. The van der Waals surface area contributed by atoms with Gasteiger partial charge in [0.15, 0.2) is 0 Å². The highest BCUT2D eigenvalue weighted by molar-refractivity contribution is 5.26. The number of benzene rings is 1. The third kappa shape index (κ3) is 3.35. The van der Waals surface area contributed by atoms with E-state index in [1.807, 2.05) is 0 Å². The van der Waals surface area contributed by atoms with E-state index in [0.29, 0.717) is 5.92 Å². The fraction of sp³-hybridized carbons (Fsp3) is 0.571. The van der Waals surface area contributed by atoms with Crippen LogP contribution < -0.4 is 5.73 Å². The van der Waals surface area contributed by atoms with Gasteiger partial charge in [0.05, 0.1) is 0 Å². The Bertz CT molecular complexity index is 309. The first kappa shape index (κ1) is 12.3. The molecule has 1 atom stereocenters. The first-order valence-electron chi connectivity index (χ1n) is 5.72. The third-order valence-corrected chi connectivity index (χ3v) is 2.95. The van der Waals surface area contributed by atoms with Gasteiger partial charge in [0.2, 0.25) is 0 Å². The summed E-state index contributed by atoms with van der Waals surface area (Å²) in [7, 11) is 0. The van der Waals surface area contributed by atoms with Crippen LogP contribution in [0, 0.1) is 12.3 Å². The SMILES string of the molecule is Cc1cccc(C(CCN)C(C)(C)C)c1. The van der Waals surface area contributed by atoms with Crippen LogP contribution in [0.1, 0.15) is 44.2 Å². The predicted molar refractivity (Wildman–Crippen MR) is 67.0 cm³/mol. The Hall–Kier alpha value is -0.820. The molecule has 1 aromatic carbocycles. The number of rotatable bonds is 3. The maximum absolute atomic E-state index is 5.70. The molecule has 1 aromatic rings. The normalized spacial score (nSPS) is 13.9. The highest BCUT2D eigenvalue weighted by Gasteiger charge is 2.25. The van der Waals surface area contributed by atoms with Crippen LogP contribution in [0.5, 0.6) is 0 Å². The van der Waals surface area contributed by atoms with Gasteiger partial charge in [-0.05, 0) is 36.8 Å². The molecule has 2 N–H and O–H groups in total. The van der Waals surface area contributed by atoms with E-state index < -0.39 is 0 Å². The lowest BCUT2D eigenvalue weighted by Crippen LogP contribution is -2.21. The Balaban J connectivity index is 2.99. The minimum Gasteiger partial charge on any atom is -0.330 e. The molecule has 0 aliphatic heterocycles. The topological polar surface area (TPSA) is 26.0 Å². The van der Waals surface area contributed by atoms with Crippen molar-refractivity contribution in [3.05, 3.63) is 35.4 Å². The Morgan fingerprint density at radius 3 is 2.40 bits per heavy atom. The molecular formula is C14H23N. The zero-order chi connectivity index (χ0) is 11.5. The Kier molecular flexibility index (Phi) is 3.92. The summed E-state index contributed by atoms with van der Waals surface area (Å²) in [5, 5.41) is 0. The molecule has 0 aliphatic rings. The minimum atomic E-state index is 0.285. The molecule has 1 rings (SSSR count). The lowest BCUT2D eigenvalue weighted by atomic mass is 9.74. The van der Waals surface area contributed by atoms with Crippen molar-refractivity contribution in [2.24, 2.45) is 11.1 Å². The van der Waals surface area contributed by atoms with Gasteiger partial charge >= 0.3 is 0 Å². The fourth-order valence-electron chi connectivity index (χ4n) is 2.15. The Morgan fingerprint density at radius 1 is 1.27 bits per heavy atom. The van der Waals surface area contributed by atoms with E-state index in [2.05, 4.69) is 52.0 Å². The number of hydrogen-bond acceptors (Lipinski definition) is 1. The smallest absolute Gasteiger partial charge is 0.00712 e. The summed E-state index contributed by atoms with van der Waals surface area (Å²) in [5.74, 6) is 0.558. The van der Waals surface area contributed by atoms with Crippen molar-refractivity contribution < 1.29 is 0 Å². The van der Waals surface area contributed by atoms with Crippen molar-refractivity contribution in [2.75, 3.05) is 6.54 Å². The number of aryl methyl sites for hydroxylation is 1. The third-order valence-electron chi connectivity index (χ3n) is 2.95. The van der Waals surface area contributed by atoms with Crippen LogP contribution in [0.15, 0.2) is 24.3 Å². The van der Waals surface area contributed by atoms with E-state index in [-0.39, 0.29) is 5.41 Å². The number of hydrogen-bond donors (Lipinski definition) is 1.